The average molecular weight is 156 g/mol. The first-order valence-electron chi connectivity index (χ1n) is 4.02. The Bertz CT molecular complexity index is 139. The number of nitrogens with zero attached hydrogens (tertiary/aromatic N) is 1. The molecule has 1 atom stereocenters. The Morgan fingerprint density at radius 3 is 2.82 bits per heavy atom. The number of hydrogen-bond donors (Lipinski definition) is 1. The first-order valence-corrected chi connectivity index (χ1v) is 4.02. The van der Waals surface area contributed by atoms with Gasteiger partial charge in [-0.2, -0.15) is 0 Å². The van der Waals surface area contributed by atoms with Crippen LogP contribution in [-0.4, -0.2) is 38.0 Å². The van der Waals surface area contributed by atoms with Gasteiger partial charge in [-0.15, -0.1) is 0 Å². The van der Waals surface area contributed by atoms with E-state index >= 15 is 0 Å². The van der Waals surface area contributed by atoms with Crippen LogP contribution in [0.3, 0.4) is 0 Å². The molecule has 0 aromatic rings. The van der Waals surface area contributed by atoms with E-state index in [1.165, 1.54) is 0 Å². The smallest absolute Gasteiger partial charge is 0.0956 e. The van der Waals surface area contributed by atoms with Gasteiger partial charge in [0.1, 0.15) is 0 Å². The molecule has 1 saturated heterocycles. The average Bonchev–Trinajstić information content (AvgIpc) is 2.39. The van der Waals surface area contributed by atoms with Crippen LogP contribution in [0.2, 0.25) is 0 Å². The van der Waals surface area contributed by atoms with E-state index in [-0.39, 0.29) is 0 Å². The number of rotatable bonds is 2. The van der Waals surface area contributed by atoms with Crippen molar-refractivity contribution in [3.8, 4) is 0 Å². The first-order chi connectivity index (χ1) is 5.20. The number of nitrogens with one attached hydrogen (secondary N) is 1. The van der Waals surface area contributed by atoms with Crippen molar-refractivity contribution >= 4 is 5.84 Å². The van der Waals surface area contributed by atoms with Crippen molar-refractivity contribution in [2.75, 3.05) is 27.3 Å². The second-order valence-corrected chi connectivity index (χ2v) is 3.27. The first kappa shape index (κ1) is 8.53. The molecule has 1 rings (SSSR count). The van der Waals surface area contributed by atoms with Crippen molar-refractivity contribution in [1.29, 1.82) is 5.41 Å². The maximum absolute atomic E-state index is 7.58. The van der Waals surface area contributed by atoms with Gasteiger partial charge >= 0.3 is 0 Å². The van der Waals surface area contributed by atoms with Crippen LogP contribution in [-0.2, 0) is 4.74 Å². The summed E-state index contributed by atoms with van der Waals surface area (Å²) in [6, 6.07) is 0. The summed E-state index contributed by atoms with van der Waals surface area (Å²) in [6.45, 7) is 1.72. The summed E-state index contributed by atoms with van der Waals surface area (Å²) in [5, 5.41) is 7.58. The van der Waals surface area contributed by atoms with E-state index in [9.17, 15) is 0 Å². The van der Waals surface area contributed by atoms with E-state index in [1.54, 1.807) is 0 Å². The molecule has 1 aliphatic heterocycles. The van der Waals surface area contributed by atoms with E-state index in [0.717, 1.165) is 26.1 Å². The quantitative estimate of drug-likeness (QED) is 0.477. The van der Waals surface area contributed by atoms with Gasteiger partial charge in [0, 0.05) is 33.7 Å². The molecule has 0 aromatic carbocycles. The highest BCUT2D eigenvalue weighted by Gasteiger charge is 2.17. The standard InChI is InChI=1S/C8H16N2O/c1-10(2)8(9)5-7-3-4-11-6-7/h7,9H,3-6H2,1-2H3. The normalized spacial score (nSPS) is 23.6. The summed E-state index contributed by atoms with van der Waals surface area (Å²) >= 11 is 0. The lowest BCUT2D eigenvalue weighted by molar-refractivity contribution is 0.186. The Hall–Kier alpha value is -0.570. The largest absolute Gasteiger partial charge is 0.381 e. The third kappa shape index (κ3) is 2.50. The molecule has 0 amide bonds. The topological polar surface area (TPSA) is 36.3 Å². The Balaban J connectivity index is 2.24. The molecule has 1 N–H and O–H groups in total. The monoisotopic (exact) mass is 156 g/mol. The molecular weight excluding hydrogens is 140 g/mol. The maximum atomic E-state index is 7.58. The second-order valence-electron chi connectivity index (χ2n) is 3.27. The lowest BCUT2D eigenvalue weighted by atomic mass is 10.0. The van der Waals surface area contributed by atoms with Crippen LogP contribution in [0.15, 0.2) is 0 Å². The molecule has 0 aromatic heterocycles. The minimum atomic E-state index is 0.588. The molecule has 0 aliphatic carbocycles. The molecule has 0 spiro atoms. The van der Waals surface area contributed by atoms with Crippen LogP contribution in [0.1, 0.15) is 12.8 Å². The SMILES string of the molecule is CN(C)C(=N)CC1CCOC1. The highest BCUT2D eigenvalue weighted by molar-refractivity contribution is 5.78. The van der Waals surface area contributed by atoms with Crippen molar-refractivity contribution in [2.24, 2.45) is 5.92 Å². The van der Waals surface area contributed by atoms with Crippen molar-refractivity contribution in [3.63, 3.8) is 0 Å². The number of ether oxygens (including phenoxy) is 1. The molecule has 1 fully saturated rings. The highest BCUT2D eigenvalue weighted by atomic mass is 16.5. The number of hydrogen-bond acceptors (Lipinski definition) is 2. The van der Waals surface area contributed by atoms with Crippen LogP contribution < -0.4 is 0 Å². The van der Waals surface area contributed by atoms with E-state index in [4.69, 9.17) is 10.1 Å². The number of amidine groups is 1. The predicted molar refractivity (Wildman–Crippen MR) is 45.0 cm³/mol. The predicted octanol–water partition coefficient (Wildman–Crippen LogP) is 0.952. The fourth-order valence-electron chi connectivity index (χ4n) is 1.20. The highest BCUT2D eigenvalue weighted by Crippen LogP contribution is 2.16. The van der Waals surface area contributed by atoms with Crippen LogP contribution in [0.25, 0.3) is 0 Å². The van der Waals surface area contributed by atoms with Crippen molar-refractivity contribution < 1.29 is 4.74 Å². The summed E-state index contributed by atoms with van der Waals surface area (Å²) in [5.74, 6) is 1.30. The Morgan fingerprint density at radius 1 is 1.64 bits per heavy atom. The molecule has 1 heterocycles. The van der Waals surface area contributed by atoms with Crippen LogP contribution >= 0.6 is 0 Å². The van der Waals surface area contributed by atoms with E-state index < -0.39 is 0 Å². The van der Waals surface area contributed by atoms with Gasteiger partial charge in [-0.05, 0) is 12.3 Å². The van der Waals surface area contributed by atoms with Gasteiger partial charge in [0.2, 0.25) is 0 Å². The summed E-state index contributed by atoms with van der Waals surface area (Å²) in [6.07, 6.45) is 1.99. The summed E-state index contributed by atoms with van der Waals surface area (Å²) in [5.41, 5.74) is 0. The Kier molecular flexibility index (Phi) is 2.88. The molecule has 1 unspecified atom stereocenters. The maximum Gasteiger partial charge on any atom is 0.0956 e. The zero-order valence-electron chi connectivity index (χ0n) is 7.26. The second kappa shape index (κ2) is 3.72. The third-order valence-corrected chi connectivity index (χ3v) is 2.05. The molecule has 3 nitrogen and oxygen atoms in total. The van der Waals surface area contributed by atoms with Gasteiger partial charge in [-0.25, -0.2) is 0 Å². The zero-order chi connectivity index (χ0) is 8.27. The van der Waals surface area contributed by atoms with Crippen LogP contribution in [0.4, 0.5) is 0 Å². The lowest BCUT2D eigenvalue weighted by Crippen LogP contribution is -2.23. The lowest BCUT2D eigenvalue weighted by Gasteiger charge is -2.15. The van der Waals surface area contributed by atoms with E-state index in [0.29, 0.717) is 11.8 Å². The van der Waals surface area contributed by atoms with Gasteiger partial charge in [0.25, 0.3) is 0 Å². The van der Waals surface area contributed by atoms with Gasteiger partial charge in [-0.3, -0.25) is 5.41 Å². The third-order valence-electron chi connectivity index (χ3n) is 2.05. The fourth-order valence-corrected chi connectivity index (χ4v) is 1.20. The van der Waals surface area contributed by atoms with E-state index in [2.05, 4.69) is 0 Å². The van der Waals surface area contributed by atoms with Crippen molar-refractivity contribution in [2.45, 2.75) is 12.8 Å². The summed E-state index contributed by atoms with van der Waals surface area (Å²) < 4.78 is 5.22. The molecule has 64 valence electrons. The van der Waals surface area contributed by atoms with Gasteiger partial charge in [0.05, 0.1) is 5.84 Å². The molecule has 0 bridgehead atoms. The summed E-state index contributed by atoms with van der Waals surface area (Å²) in [4.78, 5) is 1.86. The molecule has 1 aliphatic rings. The van der Waals surface area contributed by atoms with Crippen LogP contribution in [0.5, 0.6) is 0 Å². The summed E-state index contributed by atoms with van der Waals surface area (Å²) in [7, 11) is 3.83. The van der Waals surface area contributed by atoms with E-state index in [1.807, 2.05) is 19.0 Å². The fraction of sp³-hybridized carbons (Fsp3) is 0.875. The molecule has 0 radical (unpaired) electrons. The zero-order valence-corrected chi connectivity index (χ0v) is 7.26. The molecule has 3 heteroatoms. The molecule has 11 heavy (non-hydrogen) atoms. The minimum absolute atomic E-state index is 0.588. The molecule has 0 saturated carbocycles. The Labute approximate surface area is 67.8 Å². The van der Waals surface area contributed by atoms with Gasteiger partial charge in [-0.1, -0.05) is 0 Å². The molecular formula is C8H16N2O. The van der Waals surface area contributed by atoms with Gasteiger partial charge in [0.15, 0.2) is 0 Å². The van der Waals surface area contributed by atoms with Crippen LogP contribution in [0, 0.1) is 11.3 Å². The van der Waals surface area contributed by atoms with Crippen molar-refractivity contribution in [3.05, 3.63) is 0 Å². The van der Waals surface area contributed by atoms with Crippen molar-refractivity contribution in [1.82, 2.24) is 4.90 Å². The Morgan fingerprint density at radius 2 is 2.36 bits per heavy atom. The van der Waals surface area contributed by atoms with Gasteiger partial charge < -0.3 is 9.64 Å². The minimum Gasteiger partial charge on any atom is -0.381 e.